The first-order valence-corrected chi connectivity index (χ1v) is 8.90. The summed E-state index contributed by atoms with van der Waals surface area (Å²) in [5, 5.41) is 5.98. The van der Waals surface area contributed by atoms with E-state index in [1.807, 2.05) is 73.7 Å². The molecule has 0 saturated carbocycles. The Morgan fingerprint density at radius 3 is 2.37 bits per heavy atom. The Kier molecular flexibility index (Phi) is 5.84. The molecule has 2 N–H and O–H groups in total. The number of thiocarbonyl (C=S) groups is 1. The first kappa shape index (κ1) is 18.6. The average molecular weight is 376 g/mol. The Hall–Kier alpha value is -3.18. The minimum Gasteiger partial charge on any atom is -0.496 e. The zero-order chi connectivity index (χ0) is 19.2. The van der Waals surface area contributed by atoms with Gasteiger partial charge in [-0.25, -0.2) is 0 Å². The fourth-order valence-electron chi connectivity index (χ4n) is 2.79. The zero-order valence-electron chi connectivity index (χ0n) is 15.2. The predicted molar refractivity (Wildman–Crippen MR) is 113 cm³/mol. The Morgan fingerprint density at radius 1 is 0.963 bits per heavy atom. The molecule has 3 aromatic carbocycles. The normalized spacial score (nSPS) is 10.1. The van der Waals surface area contributed by atoms with Crippen LogP contribution in [0.4, 0.5) is 5.69 Å². The fraction of sp³-hybridized carbons (Fsp3) is 0.0909. The van der Waals surface area contributed by atoms with Crippen LogP contribution in [0.3, 0.4) is 0 Å². The zero-order valence-corrected chi connectivity index (χ0v) is 16.0. The third kappa shape index (κ3) is 4.51. The molecule has 0 heterocycles. The van der Waals surface area contributed by atoms with Crippen LogP contribution in [0.25, 0.3) is 11.1 Å². The van der Waals surface area contributed by atoms with Gasteiger partial charge in [0.1, 0.15) is 5.75 Å². The van der Waals surface area contributed by atoms with Gasteiger partial charge in [-0.15, -0.1) is 0 Å². The predicted octanol–water partition coefficient (Wildman–Crippen LogP) is 4.80. The van der Waals surface area contributed by atoms with Gasteiger partial charge in [-0.3, -0.25) is 10.1 Å². The van der Waals surface area contributed by atoms with E-state index in [1.165, 1.54) is 0 Å². The van der Waals surface area contributed by atoms with Gasteiger partial charge in [0.05, 0.1) is 7.11 Å². The molecule has 0 spiro atoms. The highest BCUT2D eigenvalue weighted by Gasteiger charge is 2.11. The summed E-state index contributed by atoms with van der Waals surface area (Å²) in [6, 6.07) is 23.1. The third-order valence-corrected chi connectivity index (χ3v) is 4.37. The molecular weight excluding hydrogens is 356 g/mol. The van der Waals surface area contributed by atoms with Crippen molar-refractivity contribution in [3.8, 4) is 16.9 Å². The number of hydrogen-bond acceptors (Lipinski definition) is 3. The SMILES string of the molecule is COc1cc(NC(=S)NC(=O)c2ccccc2C)ccc1-c1ccccc1. The number of benzene rings is 3. The molecule has 0 fully saturated rings. The summed E-state index contributed by atoms with van der Waals surface area (Å²) in [7, 11) is 1.63. The van der Waals surface area contributed by atoms with E-state index in [4.69, 9.17) is 17.0 Å². The number of carbonyl (C=O) groups excluding carboxylic acids is 1. The largest absolute Gasteiger partial charge is 0.496 e. The van der Waals surface area contributed by atoms with Gasteiger partial charge in [0.15, 0.2) is 5.11 Å². The van der Waals surface area contributed by atoms with E-state index >= 15 is 0 Å². The third-order valence-electron chi connectivity index (χ3n) is 4.16. The lowest BCUT2D eigenvalue weighted by atomic mass is 10.0. The summed E-state index contributed by atoms with van der Waals surface area (Å²) in [6.45, 7) is 1.89. The summed E-state index contributed by atoms with van der Waals surface area (Å²) < 4.78 is 5.52. The average Bonchev–Trinajstić information content (AvgIpc) is 2.68. The van der Waals surface area contributed by atoms with Crippen LogP contribution in [0.5, 0.6) is 5.75 Å². The van der Waals surface area contributed by atoms with E-state index < -0.39 is 0 Å². The van der Waals surface area contributed by atoms with Crippen LogP contribution in [0.2, 0.25) is 0 Å². The van der Waals surface area contributed by atoms with Crippen molar-refractivity contribution in [1.29, 1.82) is 0 Å². The maximum Gasteiger partial charge on any atom is 0.257 e. The minimum absolute atomic E-state index is 0.234. The van der Waals surface area contributed by atoms with E-state index in [1.54, 1.807) is 13.2 Å². The number of carbonyl (C=O) groups is 1. The summed E-state index contributed by atoms with van der Waals surface area (Å²) in [5.41, 5.74) is 4.28. The van der Waals surface area contributed by atoms with Crippen molar-refractivity contribution in [1.82, 2.24) is 5.32 Å². The van der Waals surface area contributed by atoms with Crippen molar-refractivity contribution in [2.45, 2.75) is 6.92 Å². The second kappa shape index (κ2) is 8.47. The smallest absolute Gasteiger partial charge is 0.257 e. The van der Waals surface area contributed by atoms with Crippen molar-refractivity contribution < 1.29 is 9.53 Å². The maximum atomic E-state index is 12.4. The molecular formula is C22H20N2O2S. The molecule has 0 unspecified atom stereocenters. The number of ether oxygens (including phenoxy) is 1. The second-order valence-corrected chi connectivity index (χ2v) is 6.41. The Morgan fingerprint density at radius 2 is 1.67 bits per heavy atom. The number of rotatable bonds is 4. The van der Waals surface area contributed by atoms with Gasteiger partial charge in [-0.05, 0) is 48.5 Å². The molecule has 136 valence electrons. The summed E-state index contributed by atoms with van der Waals surface area (Å²) in [6.07, 6.45) is 0. The summed E-state index contributed by atoms with van der Waals surface area (Å²) in [5.74, 6) is 0.484. The number of methoxy groups -OCH3 is 1. The maximum absolute atomic E-state index is 12.4. The van der Waals surface area contributed by atoms with E-state index in [9.17, 15) is 4.79 Å². The van der Waals surface area contributed by atoms with E-state index in [0.717, 1.165) is 28.1 Å². The topological polar surface area (TPSA) is 50.4 Å². The van der Waals surface area contributed by atoms with Crippen LogP contribution >= 0.6 is 12.2 Å². The number of amides is 1. The Labute approximate surface area is 164 Å². The molecule has 0 aromatic heterocycles. The molecule has 3 aromatic rings. The first-order chi connectivity index (χ1) is 13.1. The lowest BCUT2D eigenvalue weighted by molar-refractivity contribution is 0.0977. The van der Waals surface area contributed by atoms with Crippen LogP contribution in [-0.4, -0.2) is 18.1 Å². The molecule has 27 heavy (non-hydrogen) atoms. The Bertz CT molecular complexity index is 971. The quantitative estimate of drug-likeness (QED) is 0.643. The highest BCUT2D eigenvalue weighted by Crippen LogP contribution is 2.32. The van der Waals surface area contributed by atoms with Crippen LogP contribution in [0, 0.1) is 6.92 Å². The summed E-state index contributed by atoms with van der Waals surface area (Å²) >= 11 is 5.28. The van der Waals surface area contributed by atoms with Crippen molar-refractivity contribution in [3.05, 3.63) is 83.9 Å². The molecule has 0 aliphatic heterocycles. The van der Waals surface area contributed by atoms with Gasteiger partial charge in [-0.2, -0.15) is 0 Å². The van der Waals surface area contributed by atoms with Crippen LogP contribution < -0.4 is 15.4 Å². The number of nitrogens with one attached hydrogen (secondary N) is 2. The molecule has 1 amide bonds. The van der Waals surface area contributed by atoms with E-state index in [0.29, 0.717) is 5.56 Å². The van der Waals surface area contributed by atoms with Gasteiger partial charge < -0.3 is 10.1 Å². The van der Waals surface area contributed by atoms with Gasteiger partial charge >= 0.3 is 0 Å². The Balaban J connectivity index is 1.73. The van der Waals surface area contributed by atoms with Crippen molar-refractivity contribution in [2.75, 3.05) is 12.4 Å². The van der Waals surface area contributed by atoms with Gasteiger partial charge in [0.2, 0.25) is 0 Å². The minimum atomic E-state index is -0.238. The lowest BCUT2D eigenvalue weighted by Gasteiger charge is -2.14. The second-order valence-electron chi connectivity index (χ2n) is 6.00. The molecule has 4 nitrogen and oxygen atoms in total. The van der Waals surface area contributed by atoms with Gasteiger partial charge in [0.25, 0.3) is 5.91 Å². The molecule has 0 bridgehead atoms. The molecule has 3 rings (SSSR count). The molecule has 0 saturated heterocycles. The lowest BCUT2D eigenvalue weighted by Crippen LogP contribution is -2.34. The molecule has 0 aliphatic rings. The van der Waals surface area contributed by atoms with Crippen molar-refractivity contribution in [3.63, 3.8) is 0 Å². The van der Waals surface area contributed by atoms with Gasteiger partial charge in [0, 0.05) is 22.9 Å². The van der Waals surface area contributed by atoms with Crippen LogP contribution in [0.15, 0.2) is 72.8 Å². The molecule has 5 heteroatoms. The molecule has 0 radical (unpaired) electrons. The van der Waals surface area contributed by atoms with E-state index in [2.05, 4.69) is 10.6 Å². The van der Waals surface area contributed by atoms with Gasteiger partial charge in [-0.1, -0.05) is 48.5 Å². The van der Waals surface area contributed by atoms with Crippen molar-refractivity contribution in [2.24, 2.45) is 0 Å². The van der Waals surface area contributed by atoms with Crippen molar-refractivity contribution >= 4 is 28.9 Å². The van der Waals surface area contributed by atoms with Crippen LogP contribution in [0.1, 0.15) is 15.9 Å². The van der Waals surface area contributed by atoms with E-state index in [-0.39, 0.29) is 11.0 Å². The number of hydrogen-bond donors (Lipinski definition) is 2. The number of aryl methyl sites for hydroxylation is 1. The monoisotopic (exact) mass is 376 g/mol. The summed E-state index contributed by atoms with van der Waals surface area (Å²) in [4.78, 5) is 12.4. The molecule has 0 atom stereocenters. The standard InChI is InChI=1S/C22H20N2O2S/c1-15-8-6-7-11-18(15)21(25)24-22(27)23-17-12-13-19(20(14-17)26-2)16-9-4-3-5-10-16/h3-14H,1-2H3,(H2,23,24,25,27). The molecule has 0 aliphatic carbocycles. The first-order valence-electron chi connectivity index (χ1n) is 8.50. The highest BCUT2D eigenvalue weighted by atomic mass is 32.1. The highest BCUT2D eigenvalue weighted by molar-refractivity contribution is 7.80. The van der Waals surface area contributed by atoms with Crippen LogP contribution in [-0.2, 0) is 0 Å². The fourth-order valence-corrected chi connectivity index (χ4v) is 3.00. The number of anilines is 1.